The van der Waals surface area contributed by atoms with Crippen LogP contribution < -0.4 is 14.8 Å². The van der Waals surface area contributed by atoms with Crippen LogP contribution in [0.2, 0.25) is 0 Å². The highest BCUT2D eigenvalue weighted by Crippen LogP contribution is 2.34. The molecule has 8 heteroatoms. The van der Waals surface area contributed by atoms with Gasteiger partial charge in [-0.3, -0.25) is 4.79 Å². The average molecular weight is 321 g/mol. The Morgan fingerprint density at radius 2 is 1.83 bits per heavy atom. The Labute approximate surface area is 132 Å². The summed E-state index contributed by atoms with van der Waals surface area (Å²) in [6.07, 6.45) is 1.83. The van der Waals surface area contributed by atoms with Crippen LogP contribution in [0.4, 0.5) is 5.69 Å². The lowest BCUT2D eigenvalue weighted by molar-refractivity contribution is -0.143. The Bertz CT molecular complexity index is 639. The van der Waals surface area contributed by atoms with E-state index in [0.717, 1.165) is 12.2 Å². The van der Waals surface area contributed by atoms with Crippen LogP contribution in [0.25, 0.3) is 0 Å². The van der Waals surface area contributed by atoms with Gasteiger partial charge in [0.25, 0.3) is 5.91 Å². The summed E-state index contributed by atoms with van der Waals surface area (Å²) in [5.41, 5.74) is 0.484. The molecule has 1 amide bonds. The minimum Gasteiger partial charge on any atom is -0.463 e. The highest BCUT2D eigenvalue weighted by Gasteiger charge is 2.14. The molecule has 0 spiro atoms. The highest BCUT2D eigenvalue weighted by molar-refractivity contribution is 5.95. The van der Waals surface area contributed by atoms with E-state index in [0.29, 0.717) is 17.2 Å². The molecule has 0 radical (unpaired) electrons. The molecule has 0 aromatic heterocycles. The van der Waals surface area contributed by atoms with Crippen molar-refractivity contribution in [3.8, 4) is 11.5 Å². The molecule has 0 fully saturated rings. The SMILES string of the molecule is CCOC(=O)/C=C/C(=O)OCC(=O)Nc1ccc2c(c1)OCO2. The topological polar surface area (TPSA) is 100 Å². The number of esters is 2. The van der Waals surface area contributed by atoms with Crippen molar-refractivity contribution in [3.05, 3.63) is 30.4 Å². The van der Waals surface area contributed by atoms with Crippen LogP contribution in [0.5, 0.6) is 11.5 Å². The first kappa shape index (κ1) is 16.3. The summed E-state index contributed by atoms with van der Waals surface area (Å²) in [6, 6.07) is 4.89. The molecule has 2 rings (SSSR count). The van der Waals surface area contributed by atoms with Gasteiger partial charge >= 0.3 is 11.9 Å². The molecule has 8 nitrogen and oxygen atoms in total. The molecule has 23 heavy (non-hydrogen) atoms. The number of fused-ring (bicyclic) bond motifs is 1. The monoisotopic (exact) mass is 321 g/mol. The van der Waals surface area contributed by atoms with Crippen LogP contribution in [0.3, 0.4) is 0 Å². The van der Waals surface area contributed by atoms with Gasteiger partial charge in [-0.15, -0.1) is 0 Å². The zero-order chi connectivity index (χ0) is 16.7. The fourth-order valence-electron chi connectivity index (χ4n) is 1.68. The van der Waals surface area contributed by atoms with E-state index in [2.05, 4.69) is 10.1 Å². The van der Waals surface area contributed by atoms with Gasteiger partial charge in [-0.05, 0) is 19.1 Å². The third-order valence-electron chi connectivity index (χ3n) is 2.64. The number of carbonyl (C=O) groups excluding carboxylic acids is 3. The second-order valence-corrected chi connectivity index (χ2v) is 4.31. The summed E-state index contributed by atoms with van der Waals surface area (Å²) >= 11 is 0. The van der Waals surface area contributed by atoms with Gasteiger partial charge in [-0.1, -0.05) is 0 Å². The molecule has 0 unspecified atom stereocenters. The van der Waals surface area contributed by atoms with Gasteiger partial charge in [0.15, 0.2) is 18.1 Å². The normalized spacial score (nSPS) is 12.0. The molecule has 0 saturated heterocycles. The first-order valence-corrected chi connectivity index (χ1v) is 6.79. The quantitative estimate of drug-likeness (QED) is 0.616. The van der Waals surface area contributed by atoms with Crippen molar-refractivity contribution < 1.29 is 33.3 Å². The molecule has 0 saturated carbocycles. The molecule has 0 bridgehead atoms. The van der Waals surface area contributed by atoms with E-state index in [9.17, 15) is 14.4 Å². The molecule has 1 aliphatic heterocycles. The fourth-order valence-corrected chi connectivity index (χ4v) is 1.68. The summed E-state index contributed by atoms with van der Waals surface area (Å²) in [6.45, 7) is 1.50. The van der Waals surface area contributed by atoms with Crippen molar-refractivity contribution in [2.24, 2.45) is 0 Å². The van der Waals surface area contributed by atoms with E-state index in [1.807, 2.05) is 0 Å². The Morgan fingerprint density at radius 1 is 1.13 bits per heavy atom. The van der Waals surface area contributed by atoms with E-state index in [1.165, 1.54) is 0 Å². The highest BCUT2D eigenvalue weighted by atomic mass is 16.7. The second kappa shape index (κ2) is 7.83. The number of nitrogens with one attached hydrogen (secondary N) is 1. The zero-order valence-corrected chi connectivity index (χ0v) is 12.4. The molecule has 1 aromatic carbocycles. The molecule has 0 atom stereocenters. The lowest BCUT2D eigenvalue weighted by Gasteiger charge is -2.06. The molecule has 1 aliphatic rings. The molecule has 1 N–H and O–H groups in total. The molecule has 0 aliphatic carbocycles. The Kier molecular flexibility index (Phi) is 5.56. The number of carbonyl (C=O) groups is 3. The number of hydrogen-bond donors (Lipinski definition) is 1. The Balaban J connectivity index is 1.77. The van der Waals surface area contributed by atoms with E-state index in [-0.39, 0.29) is 13.4 Å². The maximum atomic E-state index is 11.7. The lowest BCUT2D eigenvalue weighted by Crippen LogP contribution is -2.20. The fraction of sp³-hybridized carbons (Fsp3) is 0.267. The van der Waals surface area contributed by atoms with Crippen molar-refractivity contribution in [2.75, 3.05) is 25.3 Å². The van der Waals surface area contributed by atoms with Gasteiger partial charge in [-0.2, -0.15) is 0 Å². The lowest BCUT2D eigenvalue weighted by atomic mass is 10.3. The molecular formula is C15H15NO7. The van der Waals surface area contributed by atoms with Crippen LogP contribution >= 0.6 is 0 Å². The van der Waals surface area contributed by atoms with Gasteiger partial charge in [0.05, 0.1) is 6.61 Å². The Hall–Kier alpha value is -3.03. The van der Waals surface area contributed by atoms with Gasteiger partial charge in [0.1, 0.15) is 0 Å². The third kappa shape index (κ3) is 5.03. The molecule has 1 heterocycles. The third-order valence-corrected chi connectivity index (χ3v) is 2.64. The minimum atomic E-state index is -0.820. The maximum Gasteiger partial charge on any atom is 0.331 e. The van der Waals surface area contributed by atoms with Crippen LogP contribution in [0.1, 0.15) is 6.92 Å². The number of amides is 1. The van der Waals surface area contributed by atoms with E-state index in [1.54, 1.807) is 25.1 Å². The van der Waals surface area contributed by atoms with E-state index < -0.39 is 24.5 Å². The van der Waals surface area contributed by atoms with Crippen molar-refractivity contribution in [1.29, 1.82) is 0 Å². The Morgan fingerprint density at radius 3 is 2.57 bits per heavy atom. The van der Waals surface area contributed by atoms with Gasteiger partial charge < -0.3 is 24.3 Å². The zero-order valence-electron chi connectivity index (χ0n) is 12.4. The minimum absolute atomic E-state index is 0.136. The largest absolute Gasteiger partial charge is 0.463 e. The predicted molar refractivity (Wildman–Crippen MR) is 77.9 cm³/mol. The summed E-state index contributed by atoms with van der Waals surface area (Å²) in [5, 5.41) is 2.54. The summed E-state index contributed by atoms with van der Waals surface area (Å²) < 4.78 is 19.6. The number of hydrogen-bond acceptors (Lipinski definition) is 7. The van der Waals surface area contributed by atoms with E-state index in [4.69, 9.17) is 14.2 Å². The second-order valence-electron chi connectivity index (χ2n) is 4.31. The first-order valence-electron chi connectivity index (χ1n) is 6.79. The van der Waals surface area contributed by atoms with Gasteiger partial charge in [0.2, 0.25) is 6.79 Å². The maximum absolute atomic E-state index is 11.7. The standard InChI is InChI=1S/C15H15NO7/c1-2-20-14(18)5-6-15(19)21-8-13(17)16-10-3-4-11-12(7-10)23-9-22-11/h3-7H,2,8-9H2,1H3,(H,16,17)/b6-5+. The van der Waals surface area contributed by atoms with Crippen molar-refractivity contribution in [3.63, 3.8) is 0 Å². The van der Waals surface area contributed by atoms with Crippen molar-refractivity contribution >= 4 is 23.5 Å². The van der Waals surface area contributed by atoms with E-state index >= 15 is 0 Å². The first-order chi connectivity index (χ1) is 11.1. The molecule has 122 valence electrons. The smallest absolute Gasteiger partial charge is 0.331 e. The number of anilines is 1. The van der Waals surface area contributed by atoms with Crippen LogP contribution in [-0.4, -0.2) is 37.9 Å². The van der Waals surface area contributed by atoms with Crippen molar-refractivity contribution in [2.45, 2.75) is 6.92 Å². The van der Waals surface area contributed by atoms with Crippen molar-refractivity contribution in [1.82, 2.24) is 0 Å². The number of rotatable bonds is 6. The number of benzene rings is 1. The molecular weight excluding hydrogens is 306 g/mol. The number of ether oxygens (including phenoxy) is 4. The van der Waals surface area contributed by atoms with Crippen LogP contribution in [-0.2, 0) is 23.9 Å². The average Bonchev–Trinajstić information content (AvgIpc) is 2.99. The predicted octanol–water partition coefficient (Wildman–Crippen LogP) is 1.02. The summed E-state index contributed by atoms with van der Waals surface area (Å²) in [4.78, 5) is 34.0. The van der Waals surface area contributed by atoms with Gasteiger partial charge in [-0.25, -0.2) is 9.59 Å². The summed E-state index contributed by atoms with van der Waals surface area (Å²) in [7, 11) is 0. The van der Waals surface area contributed by atoms with Crippen LogP contribution in [0.15, 0.2) is 30.4 Å². The summed E-state index contributed by atoms with van der Waals surface area (Å²) in [5.74, 6) is -0.884. The molecule has 1 aromatic rings. The van der Waals surface area contributed by atoms with Crippen LogP contribution in [0, 0.1) is 0 Å². The van der Waals surface area contributed by atoms with Gasteiger partial charge in [0, 0.05) is 23.9 Å².